The molecule has 2 aromatic heterocycles. The van der Waals surface area contributed by atoms with Crippen LogP contribution in [-0.2, 0) is 29.7 Å². The van der Waals surface area contributed by atoms with Crippen molar-refractivity contribution in [3.05, 3.63) is 185 Å². The minimum atomic E-state index is -0.915. The minimum Gasteiger partial charge on any atom is -0.478 e. The van der Waals surface area contributed by atoms with E-state index in [1.165, 1.54) is 6.08 Å². The van der Waals surface area contributed by atoms with E-state index in [-0.39, 0.29) is 0 Å². The van der Waals surface area contributed by atoms with Crippen LogP contribution < -0.4 is 0 Å². The van der Waals surface area contributed by atoms with E-state index in [9.17, 15) is 9.90 Å². The van der Waals surface area contributed by atoms with Gasteiger partial charge >= 0.3 is 5.97 Å². The van der Waals surface area contributed by atoms with Gasteiger partial charge in [0, 0.05) is 24.6 Å². The van der Waals surface area contributed by atoms with Crippen LogP contribution in [0.2, 0.25) is 0 Å². The van der Waals surface area contributed by atoms with Gasteiger partial charge < -0.3 is 9.67 Å². The third-order valence-electron chi connectivity index (χ3n) is 10.2. The minimum absolute atomic E-state index is 0.531. The average molecular weight is 697 g/mol. The van der Waals surface area contributed by atoms with Gasteiger partial charge in [0.2, 0.25) is 5.82 Å². The number of aryl methyl sites for hydroxylation is 2. The predicted molar refractivity (Wildman–Crippen MR) is 207 cm³/mol. The number of aliphatic carboxylic acids is 1. The summed E-state index contributed by atoms with van der Waals surface area (Å²) in [6, 6.07) is 47.8. The molecule has 0 spiro atoms. The zero-order valence-corrected chi connectivity index (χ0v) is 29.6. The van der Waals surface area contributed by atoms with Gasteiger partial charge in [-0.15, -0.1) is 15.0 Å². The average Bonchev–Trinajstić information content (AvgIpc) is 3.78. The molecule has 0 aliphatic heterocycles. The molecule has 53 heavy (non-hydrogen) atoms. The summed E-state index contributed by atoms with van der Waals surface area (Å²) >= 11 is 0. The number of carbonyl (C=O) groups is 1. The van der Waals surface area contributed by atoms with Crippen LogP contribution in [0.3, 0.4) is 0 Å². The Morgan fingerprint density at radius 3 is 1.89 bits per heavy atom. The number of benzene rings is 5. The fourth-order valence-electron chi connectivity index (χ4n) is 7.79. The SMILES string of the molecule is CCc1nc2c(n1Cc1ccc(-c3ccccc3-c3nnn(C(c4ccccc4)(c4ccccc4)c4ccccc4)n3)cc1)/C(=C/C(=O)O)CCCC2. The lowest BCUT2D eigenvalue weighted by atomic mass is 9.77. The number of tetrazole rings is 1. The van der Waals surface area contributed by atoms with Crippen molar-refractivity contribution in [3.8, 4) is 22.5 Å². The van der Waals surface area contributed by atoms with E-state index in [4.69, 9.17) is 20.4 Å². The predicted octanol–water partition coefficient (Wildman–Crippen LogP) is 8.85. The highest BCUT2D eigenvalue weighted by atomic mass is 16.4. The molecule has 1 aliphatic carbocycles. The summed E-state index contributed by atoms with van der Waals surface area (Å²) in [6.07, 6.45) is 5.71. The van der Waals surface area contributed by atoms with Crippen LogP contribution in [0.15, 0.2) is 146 Å². The number of allylic oxidation sites excluding steroid dienone is 1. The first-order valence-electron chi connectivity index (χ1n) is 18.2. The summed E-state index contributed by atoms with van der Waals surface area (Å²) in [5.41, 5.74) is 9.08. The fourth-order valence-corrected chi connectivity index (χ4v) is 7.79. The monoisotopic (exact) mass is 696 g/mol. The molecule has 5 aromatic carbocycles. The molecule has 8 rings (SSSR count). The molecule has 262 valence electrons. The van der Waals surface area contributed by atoms with E-state index in [1.807, 2.05) is 72.8 Å². The molecule has 0 atom stereocenters. The van der Waals surface area contributed by atoms with Crippen LogP contribution in [0.5, 0.6) is 0 Å². The Hall–Kier alpha value is -6.41. The molecular formula is C45H40N6O2. The smallest absolute Gasteiger partial charge is 0.328 e. The molecule has 2 heterocycles. The van der Waals surface area contributed by atoms with E-state index in [0.29, 0.717) is 12.4 Å². The summed E-state index contributed by atoms with van der Waals surface area (Å²) in [5, 5.41) is 24.3. The molecule has 0 radical (unpaired) electrons. The van der Waals surface area contributed by atoms with Gasteiger partial charge in [-0.3, -0.25) is 0 Å². The van der Waals surface area contributed by atoms with Crippen LogP contribution in [0.4, 0.5) is 0 Å². The number of imidazole rings is 1. The number of carboxylic acids is 1. The number of nitrogens with zero attached hydrogens (tertiary/aromatic N) is 6. The van der Waals surface area contributed by atoms with Crippen molar-refractivity contribution in [1.82, 2.24) is 29.8 Å². The van der Waals surface area contributed by atoms with E-state index in [2.05, 4.69) is 78.2 Å². The number of rotatable bonds is 10. The van der Waals surface area contributed by atoms with Gasteiger partial charge in [-0.05, 0) is 69.9 Å². The molecule has 0 fully saturated rings. The third kappa shape index (κ3) is 6.37. The Labute approximate surface area is 309 Å². The molecule has 8 heteroatoms. The van der Waals surface area contributed by atoms with Crippen LogP contribution in [-0.4, -0.2) is 40.8 Å². The second kappa shape index (κ2) is 14.7. The van der Waals surface area contributed by atoms with E-state index >= 15 is 0 Å². The largest absolute Gasteiger partial charge is 0.478 e. The normalized spacial score (nSPS) is 13.8. The second-order valence-corrected chi connectivity index (χ2v) is 13.4. The Kier molecular flexibility index (Phi) is 9.34. The van der Waals surface area contributed by atoms with Crippen molar-refractivity contribution in [2.24, 2.45) is 0 Å². The number of carboxylic acid groups (broad SMARTS) is 1. The zero-order chi connectivity index (χ0) is 36.2. The molecule has 0 amide bonds. The highest BCUT2D eigenvalue weighted by Gasteiger charge is 2.41. The Bertz CT molecular complexity index is 2280. The second-order valence-electron chi connectivity index (χ2n) is 13.4. The van der Waals surface area contributed by atoms with E-state index in [0.717, 1.165) is 93.8 Å². The maximum absolute atomic E-state index is 11.8. The Balaban J connectivity index is 1.17. The third-order valence-corrected chi connectivity index (χ3v) is 10.2. The highest BCUT2D eigenvalue weighted by Crippen LogP contribution is 2.40. The standard InChI is InChI=1S/C45H40N6O2/c1-2-41-46-40-25-15-12-16-34(30-42(52)53)43(40)50(41)31-32-26-28-33(29-27-32)38-23-13-14-24-39(38)44-47-49-51(48-44)45(35-17-6-3-7-18-35,36-19-8-4-9-20-36)37-21-10-5-11-22-37/h3-11,13-14,17-24,26-30H,2,12,15-16,25,31H2,1H3,(H,52,53)/b34-30+. The lowest BCUT2D eigenvalue weighted by Gasteiger charge is -2.34. The lowest BCUT2D eigenvalue weighted by molar-refractivity contribution is -0.131. The van der Waals surface area contributed by atoms with Gasteiger partial charge in [-0.2, -0.15) is 0 Å². The Morgan fingerprint density at radius 1 is 0.736 bits per heavy atom. The van der Waals surface area contributed by atoms with Gasteiger partial charge in [0.1, 0.15) is 5.82 Å². The van der Waals surface area contributed by atoms with Crippen molar-refractivity contribution in [2.75, 3.05) is 0 Å². The maximum Gasteiger partial charge on any atom is 0.328 e. The topological polar surface area (TPSA) is 98.7 Å². The first-order valence-corrected chi connectivity index (χ1v) is 18.2. The van der Waals surface area contributed by atoms with Gasteiger partial charge in [0.25, 0.3) is 0 Å². The van der Waals surface area contributed by atoms with Crippen molar-refractivity contribution in [3.63, 3.8) is 0 Å². The quantitative estimate of drug-likeness (QED) is 0.0872. The molecule has 0 unspecified atom stereocenters. The van der Waals surface area contributed by atoms with E-state index in [1.54, 1.807) is 4.80 Å². The van der Waals surface area contributed by atoms with Gasteiger partial charge in [-0.1, -0.05) is 146 Å². The molecule has 0 bridgehead atoms. The lowest BCUT2D eigenvalue weighted by Crippen LogP contribution is -2.39. The highest BCUT2D eigenvalue weighted by molar-refractivity contribution is 5.90. The number of fused-ring (bicyclic) bond motifs is 1. The van der Waals surface area contributed by atoms with Crippen molar-refractivity contribution < 1.29 is 9.90 Å². The summed E-state index contributed by atoms with van der Waals surface area (Å²) in [7, 11) is 0. The van der Waals surface area contributed by atoms with E-state index < -0.39 is 11.5 Å². The molecule has 0 saturated carbocycles. The molecule has 0 saturated heterocycles. The summed E-state index contributed by atoms with van der Waals surface area (Å²) in [5.74, 6) is 0.597. The molecule has 8 nitrogen and oxygen atoms in total. The first kappa shape index (κ1) is 33.7. The van der Waals surface area contributed by atoms with Crippen molar-refractivity contribution in [1.29, 1.82) is 0 Å². The van der Waals surface area contributed by atoms with Crippen LogP contribution in [0.1, 0.15) is 65.7 Å². The molecule has 7 aromatic rings. The Morgan fingerprint density at radius 2 is 1.30 bits per heavy atom. The molecule has 1 aliphatic rings. The maximum atomic E-state index is 11.8. The number of hydrogen-bond donors (Lipinski definition) is 1. The van der Waals surface area contributed by atoms with Crippen LogP contribution in [0.25, 0.3) is 28.1 Å². The zero-order valence-electron chi connectivity index (χ0n) is 29.6. The number of hydrogen-bond acceptors (Lipinski definition) is 5. The molecular weight excluding hydrogens is 657 g/mol. The fraction of sp³-hybridized carbons (Fsp3) is 0.178. The first-order chi connectivity index (χ1) is 26.1. The summed E-state index contributed by atoms with van der Waals surface area (Å²) in [6.45, 7) is 2.72. The van der Waals surface area contributed by atoms with Gasteiger partial charge in [-0.25, -0.2) is 9.78 Å². The number of aromatic nitrogens is 6. The van der Waals surface area contributed by atoms with Gasteiger partial charge in [0.15, 0.2) is 5.54 Å². The van der Waals surface area contributed by atoms with Crippen LogP contribution >= 0.6 is 0 Å². The summed E-state index contributed by atoms with van der Waals surface area (Å²) in [4.78, 5) is 18.5. The van der Waals surface area contributed by atoms with Crippen molar-refractivity contribution in [2.45, 2.75) is 51.1 Å². The van der Waals surface area contributed by atoms with Crippen molar-refractivity contribution >= 4 is 11.5 Å². The molecule has 1 N–H and O–H groups in total. The van der Waals surface area contributed by atoms with Crippen LogP contribution in [0, 0.1) is 0 Å². The van der Waals surface area contributed by atoms with Gasteiger partial charge in [0.05, 0.1) is 11.4 Å². The summed E-state index contributed by atoms with van der Waals surface area (Å²) < 4.78 is 2.22.